The number of nitrogens with zero attached hydrogens (tertiary/aromatic N) is 1. The Hall–Kier alpha value is -3.14. The highest BCUT2D eigenvalue weighted by atomic mass is 32.2. The highest BCUT2D eigenvalue weighted by Gasteiger charge is 2.38. The number of carbonyl (C=O) groups is 3. The Morgan fingerprint density at radius 3 is 1.88 bits per heavy atom. The summed E-state index contributed by atoms with van der Waals surface area (Å²) in [6, 6.07) is 9.36. The van der Waals surface area contributed by atoms with Gasteiger partial charge in [0.25, 0.3) is 11.8 Å². The van der Waals surface area contributed by atoms with Crippen LogP contribution in [0.2, 0.25) is 0 Å². The maximum atomic E-state index is 12.5. The van der Waals surface area contributed by atoms with E-state index in [2.05, 4.69) is 0 Å². The second-order valence-electron chi connectivity index (χ2n) is 5.16. The van der Waals surface area contributed by atoms with E-state index >= 15 is 0 Å². The van der Waals surface area contributed by atoms with E-state index in [1.807, 2.05) is 0 Å². The summed E-state index contributed by atoms with van der Waals surface area (Å²) in [6.07, 6.45) is 0. The van der Waals surface area contributed by atoms with Crippen LogP contribution in [0.25, 0.3) is 0 Å². The van der Waals surface area contributed by atoms with Crippen LogP contribution in [0.15, 0.2) is 53.4 Å². The van der Waals surface area contributed by atoms with E-state index in [-0.39, 0.29) is 21.8 Å². The fourth-order valence-corrected chi connectivity index (χ4v) is 2.99. The average molecular weight is 381 g/mol. The highest BCUT2D eigenvalue weighted by molar-refractivity contribution is 7.91. The Balaban J connectivity index is 1.80. The molecule has 10 heteroatoms. The largest absolute Gasteiger partial charge is 0.363 e. The SMILES string of the molecule is O=C(ON1C(=O)c2ccccc2C1=O)c1ccc(S(=O)(=O)C(F)F)cc1. The first-order chi connectivity index (χ1) is 12.2. The summed E-state index contributed by atoms with van der Waals surface area (Å²) in [5, 5.41) is 0.289. The van der Waals surface area contributed by atoms with Gasteiger partial charge in [0.2, 0.25) is 9.84 Å². The van der Waals surface area contributed by atoms with Crippen molar-refractivity contribution in [2.24, 2.45) is 0 Å². The van der Waals surface area contributed by atoms with Gasteiger partial charge in [0.1, 0.15) is 0 Å². The molecule has 0 bridgehead atoms. The molecule has 1 aliphatic rings. The number of hydrogen-bond donors (Lipinski definition) is 0. The first-order valence-corrected chi connectivity index (χ1v) is 8.60. The van der Waals surface area contributed by atoms with Crippen molar-refractivity contribution in [1.82, 2.24) is 5.06 Å². The fraction of sp³-hybridized carbons (Fsp3) is 0.0625. The molecule has 26 heavy (non-hydrogen) atoms. The zero-order chi connectivity index (χ0) is 19.1. The lowest BCUT2D eigenvalue weighted by Gasteiger charge is -2.12. The van der Waals surface area contributed by atoms with Gasteiger partial charge in [0.05, 0.1) is 21.6 Å². The summed E-state index contributed by atoms with van der Waals surface area (Å²) in [6.45, 7) is 0. The monoisotopic (exact) mass is 381 g/mol. The summed E-state index contributed by atoms with van der Waals surface area (Å²) in [7, 11) is -4.80. The van der Waals surface area contributed by atoms with Crippen molar-refractivity contribution in [1.29, 1.82) is 0 Å². The molecular weight excluding hydrogens is 372 g/mol. The molecule has 3 rings (SSSR count). The van der Waals surface area contributed by atoms with Gasteiger partial charge in [-0.2, -0.15) is 8.78 Å². The second-order valence-corrected chi connectivity index (χ2v) is 7.08. The predicted octanol–water partition coefficient (Wildman–Crippen LogP) is 2.05. The highest BCUT2D eigenvalue weighted by Crippen LogP contribution is 2.24. The number of hydrogen-bond acceptors (Lipinski definition) is 6. The Bertz CT molecular complexity index is 982. The molecule has 0 unspecified atom stereocenters. The number of fused-ring (bicyclic) bond motifs is 1. The van der Waals surface area contributed by atoms with E-state index in [1.54, 1.807) is 0 Å². The molecule has 0 spiro atoms. The lowest BCUT2D eigenvalue weighted by molar-refractivity contribution is -0.0584. The zero-order valence-electron chi connectivity index (χ0n) is 12.8. The van der Waals surface area contributed by atoms with Crippen LogP contribution >= 0.6 is 0 Å². The molecule has 0 fully saturated rings. The number of imide groups is 1. The van der Waals surface area contributed by atoms with Crippen LogP contribution in [0.5, 0.6) is 0 Å². The minimum atomic E-state index is -4.80. The lowest BCUT2D eigenvalue weighted by Crippen LogP contribution is -2.32. The number of carbonyl (C=O) groups excluding carboxylic acids is 3. The molecule has 0 atom stereocenters. The number of alkyl halides is 2. The molecule has 0 N–H and O–H groups in total. The molecule has 0 aromatic heterocycles. The maximum Gasteiger partial charge on any atom is 0.363 e. The van der Waals surface area contributed by atoms with Gasteiger partial charge in [-0.1, -0.05) is 17.2 Å². The molecule has 134 valence electrons. The molecule has 2 aromatic rings. The van der Waals surface area contributed by atoms with Gasteiger partial charge in [-0.25, -0.2) is 13.2 Å². The molecule has 2 aromatic carbocycles. The maximum absolute atomic E-state index is 12.5. The molecule has 1 heterocycles. The fourth-order valence-electron chi connectivity index (χ4n) is 2.27. The van der Waals surface area contributed by atoms with E-state index in [1.165, 1.54) is 24.3 Å². The summed E-state index contributed by atoms with van der Waals surface area (Å²) >= 11 is 0. The predicted molar refractivity (Wildman–Crippen MR) is 82.0 cm³/mol. The van der Waals surface area contributed by atoms with E-state index in [4.69, 9.17) is 4.84 Å². The third-order valence-corrected chi connectivity index (χ3v) is 4.98. The van der Waals surface area contributed by atoms with Gasteiger partial charge in [-0.3, -0.25) is 9.59 Å². The average Bonchev–Trinajstić information content (AvgIpc) is 2.87. The lowest BCUT2D eigenvalue weighted by atomic mass is 10.1. The van der Waals surface area contributed by atoms with E-state index in [9.17, 15) is 31.6 Å². The van der Waals surface area contributed by atoms with Gasteiger partial charge in [-0.05, 0) is 36.4 Å². The Morgan fingerprint density at radius 2 is 1.42 bits per heavy atom. The first kappa shape index (κ1) is 17.7. The van der Waals surface area contributed by atoms with E-state index < -0.39 is 38.3 Å². The molecular formula is C16H9F2NO6S. The van der Waals surface area contributed by atoms with Crippen LogP contribution in [-0.2, 0) is 14.7 Å². The summed E-state index contributed by atoms with van der Waals surface area (Å²) < 4.78 is 47.6. The van der Waals surface area contributed by atoms with E-state index in [0.29, 0.717) is 0 Å². The van der Waals surface area contributed by atoms with Crippen LogP contribution < -0.4 is 0 Å². The smallest absolute Gasteiger partial charge is 0.324 e. The number of benzene rings is 2. The molecule has 0 saturated heterocycles. The van der Waals surface area contributed by atoms with Crippen molar-refractivity contribution in [3.63, 3.8) is 0 Å². The quantitative estimate of drug-likeness (QED) is 0.752. The van der Waals surface area contributed by atoms with Gasteiger partial charge in [-0.15, -0.1) is 0 Å². The zero-order valence-corrected chi connectivity index (χ0v) is 13.6. The topological polar surface area (TPSA) is 97.8 Å². The Kier molecular flexibility index (Phi) is 4.28. The Morgan fingerprint density at radius 1 is 0.923 bits per heavy atom. The van der Waals surface area contributed by atoms with Crippen LogP contribution in [0, 0.1) is 0 Å². The van der Waals surface area contributed by atoms with Crippen LogP contribution in [-0.4, -0.2) is 37.0 Å². The number of halogens is 2. The van der Waals surface area contributed by atoms with Crippen LogP contribution in [0.4, 0.5) is 8.78 Å². The van der Waals surface area contributed by atoms with E-state index in [0.717, 1.165) is 24.3 Å². The minimum Gasteiger partial charge on any atom is -0.324 e. The van der Waals surface area contributed by atoms with Crippen LogP contribution in [0.3, 0.4) is 0 Å². The molecule has 0 aliphatic carbocycles. The van der Waals surface area contributed by atoms with Gasteiger partial charge in [0.15, 0.2) is 0 Å². The molecule has 2 amide bonds. The first-order valence-electron chi connectivity index (χ1n) is 7.05. The van der Waals surface area contributed by atoms with Crippen molar-refractivity contribution >= 4 is 27.6 Å². The summed E-state index contributed by atoms with van der Waals surface area (Å²) in [5.41, 5.74) is -0.0814. The summed E-state index contributed by atoms with van der Waals surface area (Å²) in [5.74, 6) is -6.37. The standard InChI is InChI=1S/C16H9F2NO6S/c17-16(18)26(23,24)10-7-5-9(6-8-10)15(22)25-19-13(20)11-3-1-2-4-12(11)14(19)21/h1-8,16H. The van der Waals surface area contributed by atoms with Gasteiger partial charge >= 0.3 is 11.7 Å². The van der Waals surface area contributed by atoms with Crippen molar-refractivity contribution in [3.05, 3.63) is 65.2 Å². The van der Waals surface area contributed by atoms with Crippen molar-refractivity contribution in [2.75, 3.05) is 0 Å². The minimum absolute atomic E-state index is 0.0728. The number of rotatable bonds is 4. The van der Waals surface area contributed by atoms with Gasteiger partial charge in [0, 0.05) is 0 Å². The number of sulfone groups is 1. The third-order valence-electron chi connectivity index (χ3n) is 3.58. The third kappa shape index (κ3) is 2.84. The van der Waals surface area contributed by atoms with Crippen molar-refractivity contribution < 1.29 is 36.4 Å². The number of amides is 2. The Labute approximate surface area is 145 Å². The van der Waals surface area contributed by atoms with Gasteiger partial charge < -0.3 is 4.84 Å². The van der Waals surface area contributed by atoms with Crippen molar-refractivity contribution in [2.45, 2.75) is 10.7 Å². The molecule has 0 saturated carbocycles. The normalized spacial score (nSPS) is 13.9. The number of hydroxylamine groups is 2. The molecule has 7 nitrogen and oxygen atoms in total. The summed E-state index contributed by atoms with van der Waals surface area (Å²) in [4.78, 5) is 40.4. The molecule has 0 radical (unpaired) electrons. The molecule has 1 aliphatic heterocycles. The van der Waals surface area contributed by atoms with Crippen molar-refractivity contribution in [3.8, 4) is 0 Å². The second kappa shape index (κ2) is 6.30. The van der Waals surface area contributed by atoms with Crippen LogP contribution in [0.1, 0.15) is 31.1 Å².